The van der Waals surface area contributed by atoms with Gasteiger partial charge in [-0.2, -0.15) is 13.2 Å². The van der Waals surface area contributed by atoms with Crippen LogP contribution in [0.4, 0.5) is 13.2 Å². The lowest BCUT2D eigenvalue weighted by Crippen LogP contribution is -2.49. The second-order valence-electron chi connectivity index (χ2n) is 6.88. The van der Waals surface area contributed by atoms with Gasteiger partial charge < -0.3 is 10.0 Å². The molecule has 2 nitrogen and oxygen atoms in total. The van der Waals surface area contributed by atoms with E-state index in [1.165, 1.54) is 12.1 Å². The summed E-state index contributed by atoms with van der Waals surface area (Å²) in [5, 5.41) is 10.8. The second-order valence-corrected chi connectivity index (χ2v) is 6.88. The fourth-order valence-corrected chi connectivity index (χ4v) is 4.03. The van der Waals surface area contributed by atoms with E-state index >= 15 is 0 Å². The van der Waals surface area contributed by atoms with Crippen molar-refractivity contribution in [2.45, 2.75) is 62.4 Å². The molecule has 0 amide bonds. The highest BCUT2D eigenvalue weighted by Crippen LogP contribution is 2.41. The molecule has 0 spiro atoms. The monoisotopic (exact) mass is 313 g/mol. The predicted octanol–water partition coefficient (Wildman–Crippen LogP) is 3.63. The molecule has 5 heteroatoms. The van der Waals surface area contributed by atoms with Crippen molar-refractivity contribution in [2.75, 3.05) is 7.05 Å². The van der Waals surface area contributed by atoms with Gasteiger partial charge in [-0.1, -0.05) is 18.2 Å². The molecule has 0 radical (unpaired) electrons. The molecule has 2 aliphatic rings. The normalized spacial score (nSPS) is 32.4. The number of hydrogen-bond donors (Lipinski definition) is 1. The van der Waals surface area contributed by atoms with Crippen LogP contribution in [0.25, 0.3) is 0 Å². The highest BCUT2D eigenvalue weighted by atomic mass is 19.4. The smallest absolute Gasteiger partial charge is 0.390 e. The molecule has 0 saturated carbocycles. The lowest BCUT2D eigenvalue weighted by molar-refractivity contribution is -0.137. The molecule has 2 aliphatic heterocycles. The van der Waals surface area contributed by atoms with Crippen molar-refractivity contribution in [3.8, 4) is 0 Å². The molecule has 0 aromatic heterocycles. The van der Waals surface area contributed by atoms with E-state index in [1.807, 2.05) is 0 Å². The molecule has 2 fully saturated rings. The van der Waals surface area contributed by atoms with Gasteiger partial charge in [0.15, 0.2) is 0 Å². The van der Waals surface area contributed by atoms with E-state index in [4.69, 9.17) is 0 Å². The van der Waals surface area contributed by atoms with E-state index in [-0.39, 0.29) is 0 Å². The first-order valence-electron chi connectivity index (χ1n) is 7.87. The van der Waals surface area contributed by atoms with Crippen LogP contribution in [-0.4, -0.2) is 34.7 Å². The lowest BCUT2D eigenvalue weighted by atomic mass is 9.82. The summed E-state index contributed by atoms with van der Waals surface area (Å²) >= 11 is 0. The zero-order valence-electron chi connectivity index (χ0n) is 12.7. The highest BCUT2D eigenvalue weighted by molar-refractivity contribution is 5.26. The number of nitrogens with zero attached hydrogens (tertiary/aromatic N) is 1. The van der Waals surface area contributed by atoms with Crippen molar-refractivity contribution in [2.24, 2.45) is 0 Å². The Morgan fingerprint density at radius 1 is 1.23 bits per heavy atom. The minimum atomic E-state index is -4.31. The summed E-state index contributed by atoms with van der Waals surface area (Å²) in [4.78, 5) is 2.35. The summed E-state index contributed by atoms with van der Waals surface area (Å²) in [6.07, 6.45) is 0.427. The highest BCUT2D eigenvalue weighted by Gasteiger charge is 2.45. The first-order chi connectivity index (χ1) is 10.3. The molecule has 2 heterocycles. The van der Waals surface area contributed by atoms with Gasteiger partial charge in [0.25, 0.3) is 0 Å². The van der Waals surface area contributed by atoms with Gasteiger partial charge in [-0.05, 0) is 57.2 Å². The van der Waals surface area contributed by atoms with Crippen LogP contribution >= 0.6 is 0 Å². The van der Waals surface area contributed by atoms with Gasteiger partial charge >= 0.3 is 6.18 Å². The van der Waals surface area contributed by atoms with Gasteiger partial charge in [-0.15, -0.1) is 0 Å². The Bertz CT molecular complexity index is 529. The second kappa shape index (κ2) is 5.53. The fourth-order valence-electron chi connectivity index (χ4n) is 4.03. The summed E-state index contributed by atoms with van der Waals surface area (Å²) in [7, 11) is 2.11. The quantitative estimate of drug-likeness (QED) is 0.921. The summed E-state index contributed by atoms with van der Waals surface area (Å²) < 4.78 is 38.2. The molecule has 0 aliphatic carbocycles. The van der Waals surface area contributed by atoms with Crippen LogP contribution in [0.3, 0.4) is 0 Å². The molecule has 122 valence electrons. The largest absolute Gasteiger partial charge is 0.416 e. The van der Waals surface area contributed by atoms with E-state index in [9.17, 15) is 18.3 Å². The molecule has 1 N–H and O–H groups in total. The van der Waals surface area contributed by atoms with Crippen molar-refractivity contribution < 1.29 is 18.3 Å². The standard InChI is InChI=1S/C17H22F3NO/c1-21-14-5-6-15(21)11-16(22,10-14)8-7-12-3-2-4-13(9-12)17(18,19)20/h2-4,9,14-15,22H,5-8,10-11H2,1H3. The Hall–Kier alpha value is -1.07. The molecular weight excluding hydrogens is 291 g/mol. The van der Waals surface area contributed by atoms with Crippen molar-refractivity contribution in [1.29, 1.82) is 0 Å². The predicted molar refractivity (Wildman–Crippen MR) is 78.5 cm³/mol. The Morgan fingerprint density at radius 3 is 2.45 bits per heavy atom. The lowest BCUT2D eigenvalue weighted by Gasteiger charge is -2.42. The Labute approximate surface area is 128 Å². The van der Waals surface area contributed by atoms with E-state index in [2.05, 4.69) is 11.9 Å². The maximum absolute atomic E-state index is 12.7. The zero-order chi connectivity index (χ0) is 16.0. The maximum atomic E-state index is 12.7. The Morgan fingerprint density at radius 2 is 1.86 bits per heavy atom. The molecule has 2 saturated heterocycles. The summed E-state index contributed by atoms with van der Waals surface area (Å²) in [6.45, 7) is 0. The molecular formula is C17H22F3NO. The van der Waals surface area contributed by atoms with E-state index < -0.39 is 17.3 Å². The van der Waals surface area contributed by atoms with Crippen LogP contribution in [-0.2, 0) is 12.6 Å². The number of aryl methyl sites for hydroxylation is 1. The van der Waals surface area contributed by atoms with Gasteiger partial charge in [0.1, 0.15) is 0 Å². The van der Waals surface area contributed by atoms with Crippen LogP contribution in [0.15, 0.2) is 24.3 Å². The minimum absolute atomic E-state index is 0.422. The van der Waals surface area contributed by atoms with Crippen molar-refractivity contribution in [1.82, 2.24) is 4.90 Å². The third-order valence-electron chi connectivity index (χ3n) is 5.35. The number of hydrogen-bond acceptors (Lipinski definition) is 2. The molecule has 2 bridgehead atoms. The molecule has 2 atom stereocenters. The van der Waals surface area contributed by atoms with Crippen LogP contribution in [0.2, 0.25) is 0 Å². The van der Waals surface area contributed by atoms with Gasteiger partial charge in [-0.3, -0.25) is 0 Å². The van der Waals surface area contributed by atoms with Crippen LogP contribution in [0.1, 0.15) is 43.2 Å². The summed E-state index contributed by atoms with van der Waals surface area (Å²) in [5.74, 6) is 0. The van der Waals surface area contributed by atoms with Crippen molar-refractivity contribution >= 4 is 0 Å². The van der Waals surface area contributed by atoms with Gasteiger partial charge in [0.2, 0.25) is 0 Å². The fraction of sp³-hybridized carbons (Fsp3) is 0.647. The summed E-state index contributed by atoms with van der Waals surface area (Å²) in [5.41, 5.74) is -0.693. The SMILES string of the molecule is CN1C2CCC1CC(O)(CCc1cccc(C(F)(F)F)c1)C2. The number of benzene rings is 1. The zero-order valence-corrected chi connectivity index (χ0v) is 12.7. The maximum Gasteiger partial charge on any atom is 0.416 e. The number of rotatable bonds is 3. The van der Waals surface area contributed by atoms with E-state index in [0.29, 0.717) is 30.5 Å². The number of aliphatic hydroxyl groups is 1. The summed E-state index contributed by atoms with van der Waals surface area (Å²) in [6, 6.07) is 6.29. The third-order valence-corrected chi connectivity index (χ3v) is 5.35. The first-order valence-corrected chi connectivity index (χ1v) is 7.87. The molecule has 1 aromatic carbocycles. The molecule has 2 unspecified atom stereocenters. The first kappa shape index (κ1) is 15.8. The van der Waals surface area contributed by atoms with E-state index in [0.717, 1.165) is 31.7 Å². The van der Waals surface area contributed by atoms with Crippen LogP contribution in [0, 0.1) is 0 Å². The molecule has 1 aromatic rings. The Balaban J connectivity index is 1.65. The number of fused-ring (bicyclic) bond motifs is 2. The Kier molecular flexibility index (Phi) is 3.98. The van der Waals surface area contributed by atoms with E-state index in [1.54, 1.807) is 6.07 Å². The topological polar surface area (TPSA) is 23.5 Å². The molecule has 3 rings (SSSR count). The van der Waals surface area contributed by atoms with Gasteiger partial charge in [0, 0.05) is 12.1 Å². The number of alkyl halides is 3. The average Bonchev–Trinajstić information content (AvgIpc) is 2.69. The number of piperidine rings is 1. The van der Waals surface area contributed by atoms with Crippen molar-refractivity contribution in [3.63, 3.8) is 0 Å². The van der Waals surface area contributed by atoms with Gasteiger partial charge in [0.05, 0.1) is 11.2 Å². The van der Waals surface area contributed by atoms with Crippen molar-refractivity contribution in [3.05, 3.63) is 35.4 Å². The van der Waals surface area contributed by atoms with Gasteiger partial charge in [-0.25, -0.2) is 0 Å². The number of halogens is 3. The minimum Gasteiger partial charge on any atom is -0.390 e. The average molecular weight is 313 g/mol. The van der Waals surface area contributed by atoms with Crippen LogP contribution < -0.4 is 0 Å². The third kappa shape index (κ3) is 3.15. The molecule has 22 heavy (non-hydrogen) atoms. The van der Waals surface area contributed by atoms with Crippen LogP contribution in [0.5, 0.6) is 0 Å².